The summed E-state index contributed by atoms with van der Waals surface area (Å²) in [6.45, 7) is 1.46. The Kier molecular flexibility index (Phi) is 5.06. The highest BCUT2D eigenvalue weighted by atomic mass is 79.9. The van der Waals surface area contributed by atoms with Crippen molar-refractivity contribution in [2.24, 2.45) is 0 Å². The van der Waals surface area contributed by atoms with Crippen LogP contribution in [0.25, 0.3) is 5.69 Å². The first-order valence-corrected chi connectivity index (χ1v) is 9.59. The second-order valence-corrected chi connectivity index (χ2v) is 7.36. The van der Waals surface area contributed by atoms with E-state index >= 15 is 0 Å². The Labute approximate surface area is 175 Å². The Morgan fingerprint density at radius 1 is 1.24 bits per heavy atom. The summed E-state index contributed by atoms with van der Waals surface area (Å²) < 4.78 is 13.6. The monoisotopic (exact) mass is 456 g/mol. The predicted octanol–water partition coefficient (Wildman–Crippen LogP) is 3.17. The van der Waals surface area contributed by atoms with Gasteiger partial charge in [0, 0.05) is 4.47 Å². The molecule has 4 rings (SSSR count). The number of carbonyl (C=O) groups is 2. The van der Waals surface area contributed by atoms with E-state index in [9.17, 15) is 9.59 Å². The lowest BCUT2D eigenvalue weighted by Gasteiger charge is -2.31. The van der Waals surface area contributed by atoms with E-state index in [-0.39, 0.29) is 24.8 Å². The lowest BCUT2D eigenvalue weighted by molar-refractivity contribution is -0.121. The highest BCUT2D eigenvalue weighted by molar-refractivity contribution is 9.10. The van der Waals surface area contributed by atoms with Gasteiger partial charge in [0.05, 0.1) is 31.1 Å². The number of nitrogens with zero attached hydrogens (tertiary/aromatic N) is 4. The molecule has 8 nitrogen and oxygen atoms in total. The van der Waals surface area contributed by atoms with Gasteiger partial charge >= 0.3 is 0 Å². The number of halogens is 1. The van der Waals surface area contributed by atoms with Crippen molar-refractivity contribution in [3.8, 4) is 17.2 Å². The van der Waals surface area contributed by atoms with Gasteiger partial charge in [-0.15, -0.1) is 5.10 Å². The molecule has 0 atom stereocenters. The highest BCUT2D eigenvalue weighted by Crippen LogP contribution is 2.43. The van der Waals surface area contributed by atoms with Crippen molar-refractivity contribution in [2.45, 2.75) is 13.5 Å². The zero-order valence-corrected chi connectivity index (χ0v) is 17.3. The summed E-state index contributed by atoms with van der Waals surface area (Å²) in [6, 6.07) is 10.9. The van der Waals surface area contributed by atoms with Crippen LogP contribution in [0.15, 0.2) is 47.1 Å². The standard InChI is InChI=1S/C20H17BrN4O4/c1-12(26)16-7-8-17(28-2)19-20(16)29-11-18(27)24(19)9-14-10-25(23-22-14)15-5-3-13(21)4-6-15/h3-8,10H,9,11H2,1-2H3. The molecule has 2 aromatic carbocycles. The number of anilines is 1. The van der Waals surface area contributed by atoms with Crippen molar-refractivity contribution in [2.75, 3.05) is 18.6 Å². The van der Waals surface area contributed by atoms with E-state index in [0.717, 1.165) is 10.2 Å². The minimum Gasteiger partial charge on any atom is -0.494 e. The summed E-state index contributed by atoms with van der Waals surface area (Å²) in [4.78, 5) is 26.1. The van der Waals surface area contributed by atoms with E-state index in [0.29, 0.717) is 28.4 Å². The summed E-state index contributed by atoms with van der Waals surface area (Å²) >= 11 is 3.40. The molecule has 0 bridgehead atoms. The molecule has 0 unspecified atom stereocenters. The van der Waals surface area contributed by atoms with Gasteiger partial charge in [-0.05, 0) is 43.3 Å². The number of ether oxygens (including phenoxy) is 2. The van der Waals surface area contributed by atoms with Crippen LogP contribution < -0.4 is 14.4 Å². The Morgan fingerprint density at radius 2 is 2.00 bits per heavy atom. The number of ketones is 1. The van der Waals surface area contributed by atoms with E-state index in [1.807, 2.05) is 24.3 Å². The normalized spacial score (nSPS) is 13.1. The molecule has 0 aliphatic carbocycles. The van der Waals surface area contributed by atoms with Gasteiger partial charge in [-0.1, -0.05) is 21.1 Å². The van der Waals surface area contributed by atoms with Crippen LogP contribution in [-0.2, 0) is 11.3 Å². The number of aromatic nitrogens is 3. The van der Waals surface area contributed by atoms with Crippen molar-refractivity contribution in [1.29, 1.82) is 0 Å². The van der Waals surface area contributed by atoms with Crippen LogP contribution >= 0.6 is 15.9 Å². The van der Waals surface area contributed by atoms with E-state index < -0.39 is 0 Å². The first kappa shape index (κ1) is 19.1. The van der Waals surface area contributed by atoms with E-state index in [2.05, 4.69) is 26.2 Å². The van der Waals surface area contributed by atoms with Crippen LogP contribution in [-0.4, -0.2) is 40.4 Å². The second-order valence-electron chi connectivity index (χ2n) is 6.45. The molecule has 0 N–H and O–H groups in total. The SMILES string of the molecule is COc1ccc(C(C)=O)c2c1N(Cc1cn(-c3ccc(Br)cc3)nn1)C(=O)CO2. The van der Waals surface area contributed by atoms with Crippen molar-refractivity contribution < 1.29 is 19.1 Å². The predicted molar refractivity (Wildman–Crippen MR) is 109 cm³/mol. The minimum atomic E-state index is -0.255. The largest absolute Gasteiger partial charge is 0.494 e. The molecule has 0 spiro atoms. The van der Waals surface area contributed by atoms with Crippen molar-refractivity contribution in [3.05, 3.63) is 58.3 Å². The molecule has 0 saturated heterocycles. The average molecular weight is 457 g/mol. The third-order valence-electron chi connectivity index (χ3n) is 4.56. The van der Waals surface area contributed by atoms with Gasteiger partial charge in [0.15, 0.2) is 18.1 Å². The molecule has 1 aliphatic rings. The molecule has 9 heteroatoms. The zero-order valence-electron chi connectivity index (χ0n) is 15.8. The number of fused-ring (bicyclic) bond motifs is 1. The van der Waals surface area contributed by atoms with Gasteiger partial charge in [-0.25, -0.2) is 4.68 Å². The number of hydrogen-bond donors (Lipinski definition) is 0. The van der Waals surface area contributed by atoms with Gasteiger partial charge in [0.1, 0.15) is 17.1 Å². The fraction of sp³-hybridized carbons (Fsp3) is 0.200. The van der Waals surface area contributed by atoms with Crippen LogP contribution in [0, 0.1) is 0 Å². The quantitative estimate of drug-likeness (QED) is 0.548. The molecule has 1 amide bonds. The molecule has 0 fully saturated rings. The molecule has 3 aromatic rings. The maximum atomic E-state index is 12.6. The topological polar surface area (TPSA) is 86.5 Å². The number of benzene rings is 2. The number of methoxy groups -OCH3 is 1. The third-order valence-corrected chi connectivity index (χ3v) is 5.09. The lowest BCUT2D eigenvalue weighted by atomic mass is 10.1. The van der Waals surface area contributed by atoms with Crippen LogP contribution in [0.5, 0.6) is 11.5 Å². The van der Waals surface area contributed by atoms with E-state index in [4.69, 9.17) is 9.47 Å². The van der Waals surface area contributed by atoms with Crippen LogP contribution in [0.3, 0.4) is 0 Å². The molecule has 0 radical (unpaired) electrons. The highest BCUT2D eigenvalue weighted by Gasteiger charge is 2.32. The maximum Gasteiger partial charge on any atom is 0.265 e. The number of rotatable bonds is 5. The van der Waals surface area contributed by atoms with Gasteiger partial charge in [-0.3, -0.25) is 14.5 Å². The molecular weight excluding hydrogens is 440 g/mol. The molecule has 2 heterocycles. The second kappa shape index (κ2) is 7.67. The van der Waals surface area contributed by atoms with E-state index in [1.54, 1.807) is 23.0 Å². The lowest BCUT2D eigenvalue weighted by Crippen LogP contribution is -2.39. The number of amides is 1. The zero-order chi connectivity index (χ0) is 20.5. The summed E-state index contributed by atoms with van der Waals surface area (Å²) in [5.41, 5.74) is 2.26. The Hall–Kier alpha value is -3.20. The molecule has 29 heavy (non-hydrogen) atoms. The fourth-order valence-corrected chi connectivity index (χ4v) is 3.42. The summed E-state index contributed by atoms with van der Waals surface area (Å²) in [5.74, 6) is 0.379. The number of carbonyl (C=O) groups excluding carboxylic acids is 2. The summed E-state index contributed by atoms with van der Waals surface area (Å²) in [5, 5.41) is 8.34. The average Bonchev–Trinajstić information content (AvgIpc) is 3.18. The fourth-order valence-electron chi connectivity index (χ4n) is 3.15. The smallest absolute Gasteiger partial charge is 0.265 e. The number of Topliss-reactive ketones (excluding diaryl/α,β-unsaturated/α-hetero) is 1. The first-order chi connectivity index (χ1) is 14.0. The molecular formula is C20H17BrN4O4. The first-order valence-electron chi connectivity index (χ1n) is 8.80. The molecule has 1 aliphatic heterocycles. The maximum absolute atomic E-state index is 12.6. The van der Waals surface area contributed by atoms with Crippen LogP contribution in [0.1, 0.15) is 23.0 Å². The Balaban J connectivity index is 1.70. The van der Waals surface area contributed by atoms with Gasteiger partial charge < -0.3 is 9.47 Å². The third kappa shape index (κ3) is 3.61. The van der Waals surface area contributed by atoms with Crippen LogP contribution in [0.4, 0.5) is 5.69 Å². The van der Waals surface area contributed by atoms with Crippen LogP contribution in [0.2, 0.25) is 0 Å². The molecule has 0 saturated carbocycles. The van der Waals surface area contributed by atoms with Gasteiger partial charge in [0.25, 0.3) is 5.91 Å². The van der Waals surface area contributed by atoms with Gasteiger partial charge in [-0.2, -0.15) is 0 Å². The van der Waals surface area contributed by atoms with Gasteiger partial charge in [0.2, 0.25) is 0 Å². The molecule has 1 aromatic heterocycles. The Morgan fingerprint density at radius 3 is 2.69 bits per heavy atom. The summed E-state index contributed by atoms with van der Waals surface area (Å²) in [7, 11) is 1.50. The van der Waals surface area contributed by atoms with E-state index in [1.165, 1.54) is 18.9 Å². The van der Waals surface area contributed by atoms with Crippen molar-refractivity contribution in [3.63, 3.8) is 0 Å². The Bertz CT molecular complexity index is 1090. The summed E-state index contributed by atoms with van der Waals surface area (Å²) in [6.07, 6.45) is 1.76. The minimum absolute atomic E-state index is 0.153. The van der Waals surface area contributed by atoms with Crippen molar-refractivity contribution >= 4 is 33.3 Å². The number of hydrogen-bond acceptors (Lipinski definition) is 6. The van der Waals surface area contributed by atoms with Crippen molar-refractivity contribution in [1.82, 2.24) is 15.0 Å². The molecule has 148 valence electrons.